The number of amides is 1. The van der Waals surface area contributed by atoms with Gasteiger partial charge in [-0.2, -0.15) is 0 Å². The van der Waals surface area contributed by atoms with Crippen LogP contribution in [-0.4, -0.2) is 69.0 Å². The maximum absolute atomic E-state index is 11.3. The maximum atomic E-state index is 11.3. The highest BCUT2D eigenvalue weighted by molar-refractivity contribution is 5.75. The molecular formula is C12H25NO6. The third-order valence-electron chi connectivity index (χ3n) is 2.84. The van der Waals surface area contributed by atoms with Crippen molar-refractivity contribution in [2.24, 2.45) is 0 Å². The molecule has 6 N–H and O–H groups in total. The van der Waals surface area contributed by atoms with Gasteiger partial charge in [0, 0.05) is 13.0 Å². The molecule has 0 bridgehead atoms. The molecule has 0 saturated carbocycles. The lowest BCUT2D eigenvalue weighted by atomic mass is 10.0. The van der Waals surface area contributed by atoms with Crippen molar-refractivity contribution in [1.82, 2.24) is 5.32 Å². The second-order valence-corrected chi connectivity index (χ2v) is 4.56. The lowest BCUT2D eigenvalue weighted by Gasteiger charge is -2.25. The van der Waals surface area contributed by atoms with Gasteiger partial charge in [-0.1, -0.05) is 19.8 Å². The Morgan fingerprint density at radius 3 is 2.16 bits per heavy atom. The molecule has 0 spiro atoms. The number of nitrogens with one attached hydrogen (secondary N) is 1. The van der Waals surface area contributed by atoms with Crippen LogP contribution in [0.5, 0.6) is 0 Å². The largest absolute Gasteiger partial charge is 0.394 e. The normalized spacial score (nSPS) is 17.6. The molecule has 0 radical (unpaired) electrons. The molecule has 0 aliphatic heterocycles. The van der Waals surface area contributed by atoms with Gasteiger partial charge in [0.1, 0.15) is 18.3 Å². The first-order chi connectivity index (χ1) is 8.93. The fourth-order valence-electron chi connectivity index (χ4n) is 1.53. The van der Waals surface area contributed by atoms with E-state index < -0.39 is 31.0 Å². The van der Waals surface area contributed by atoms with Crippen LogP contribution >= 0.6 is 0 Å². The maximum Gasteiger partial charge on any atom is 0.220 e. The summed E-state index contributed by atoms with van der Waals surface area (Å²) in [6, 6.07) is 0. The van der Waals surface area contributed by atoms with E-state index in [1.54, 1.807) is 0 Å². The molecule has 4 unspecified atom stereocenters. The highest BCUT2D eigenvalue weighted by Gasteiger charge is 2.29. The summed E-state index contributed by atoms with van der Waals surface area (Å²) in [7, 11) is 0. The Labute approximate surface area is 112 Å². The van der Waals surface area contributed by atoms with Gasteiger partial charge in [0.15, 0.2) is 0 Å². The molecule has 7 heteroatoms. The Hall–Kier alpha value is -0.730. The van der Waals surface area contributed by atoms with Crippen molar-refractivity contribution in [2.45, 2.75) is 57.0 Å². The van der Waals surface area contributed by atoms with Gasteiger partial charge in [0.2, 0.25) is 5.91 Å². The first-order valence-electron chi connectivity index (χ1n) is 6.53. The molecule has 0 aromatic carbocycles. The Morgan fingerprint density at radius 2 is 1.63 bits per heavy atom. The van der Waals surface area contributed by atoms with Crippen LogP contribution in [0.25, 0.3) is 0 Å². The number of unbranched alkanes of at least 4 members (excludes halogenated alkanes) is 2. The van der Waals surface area contributed by atoms with E-state index in [0.717, 1.165) is 19.3 Å². The van der Waals surface area contributed by atoms with Crippen molar-refractivity contribution >= 4 is 5.91 Å². The monoisotopic (exact) mass is 279 g/mol. The van der Waals surface area contributed by atoms with Crippen molar-refractivity contribution in [3.05, 3.63) is 0 Å². The van der Waals surface area contributed by atoms with Gasteiger partial charge in [0.05, 0.1) is 12.7 Å². The number of aliphatic hydroxyl groups excluding tert-OH is 5. The summed E-state index contributed by atoms with van der Waals surface area (Å²) >= 11 is 0. The molecule has 0 aromatic heterocycles. The molecule has 19 heavy (non-hydrogen) atoms. The van der Waals surface area contributed by atoms with Crippen LogP contribution in [0.15, 0.2) is 0 Å². The van der Waals surface area contributed by atoms with Crippen LogP contribution in [0.3, 0.4) is 0 Å². The number of hydrogen-bond acceptors (Lipinski definition) is 6. The molecule has 0 fully saturated rings. The van der Waals surface area contributed by atoms with E-state index in [1.807, 2.05) is 6.92 Å². The van der Waals surface area contributed by atoms with E-state index in [2.05, 4.69) is 5.32 Å². The van der Waals surface area contributed by atoms with Crippen LogP contribution < -0.4 is 5.32 Å². The molecule has 4 atom stereocenters. The fourth-order valence-corrected chi connectivity index (χ4v) is 1.53. The summed E-state index contributed by atoms with van der Waals surface area (Å²) in [4.78, 5) is 11.3. The minimum atomic E-state index is -1.67. The molecule has 114 valence electrons. The quantitative estimate of drug-likeness (QED) is 0.260. The first-order valence-corrected chi connectivity index (χ1v) is 6.53. The summed E-state index contributed by atoms with van der Waals surface area (Å²) in [5, 5.41) is 48.5. The molecule has 0 aliphatic rings. The van der Waals surface area contributed by atoms with Gasteiger partial charge >= 0.3 is 0 Å². The van der Waals surface area contributed by atoms with Gasteiger partial charge in [-0.25, -0.2) is 0 Å². The third-order valence-corrected chi connectivity index (χ3v) is 2.84. The van der Waals surface area contributed by atoms with Crippen molar-refractivity contribution in [2.75, 3.05) is 13.2 Å². The van der Waals surface area contributed by atoms with Crippen LogP contribution in [0.4, 0.5) is 0 Å². The van der Waals surface area contributed by atoms with Gasteiger partial charge in [0.25, 0.3) is 0 Å². The lowest BCUT2D eigenvalue weighted by molar-refractivity contribution is -0.126. The van der Waals surface area contributed by atoms with Crippen LogP contribution in [0, 0.1) is 0 Å². The second kappa shape index (κ2) is 10.1. The number of hydrogen-bond donors (Lipinski definition) is 6. The molecule has 0 saturated heterocycles. The van der Waals surface area contributed by atoms with Crippen LogP contribution in [0.1, 0.15) is 32.6 Å². The Morgan fingerprint density at radius 1 is 1.05 bits per heavy atom. The minimum Gasteiger partial charge on any atom is -0.394 e. The van der Waals surface area contributed by atoms with Gasteiger partial charge in [-0.15, -0.1) is 0 Å². The highest BCUT2D eigenvalue weighted by Crippen LogP contribution is 2.05. The number of aliphatic hydroxyl groups is 5. The third kappa shape index (κ3) is 7.44. The first kappa shape index (κ1) is 18.3. The predicted octanol–water partition coefficient (Wildman–Crippen LogP) is -1.88. The molecule has 0 heterocycles. The zero-order chi connectivity index (χ0) is 14.8. The number of carbonyl (C=O) groups is 1. The van der Waals surface area contributed by atoms with E-state index in [9.17, 15) is 20.1 Å². The van der Waals surface area contributed by atoms with Crippen LogP contribution in [0.2, 0.25) is 0 Å². The Balaban J connectivity index is 3.95. The van der Waals surface area contributed by atoms with Gasteiger partial charge < -0.3 is 30.8 Å². The molecular weight excluding hydrogens is 254 g/mol. The lowest BCUT2D eigenvalue weighted by Crippen LogP contribution is -2.49. The SMILES string of the molecule is CCCCCC(=O)NCC(O)C(O)C(O)C(O)CO. The van der Waals surface area contributed by atoms with E-state index in [4.69, 9.17) is 10.2 Å². The molecule has 1 amide bonds. The average molecular weight is 279 g/mol. The molecule has 0 aliphatic carbocycles. The van der Waals surface area contributed by atoms with Crippen molar-refractivity contribution in [3.8, 4) is 0 Å². The summed E-state index contributed by atoms with van der Waals surface area (Å²) in [5.41, 5.74) is 0. The Bertz CT molecular complexity index is 250. The molecule has 0 aromatic rings. The smallest absolute Gasteiger partial charge is 0.220 e. The van der Waals surface area contributed by atoms with Crippen molar-refractivity contribution in [3.63, 3.8) is 0 Å². The minimum absolute atomic E-state index is 0.221. The van der Waals surface area contributed by atoms with E-state index in [-0.39, 0.29) is 12.5 Å². The van der Waals surface area contributed by atoms with E-state index >= 15 is 0 Å². The molecule has 7 nitrogen and oxygen atoms in total. The molecule has 0 rings (SSSR count). The zero-order valence-electron chi connectivity index (χ0n) is 11.2. The summed E-state index contributed by atoms with van der Waals surface area (Å²) < 4.78 is 0. The van der Waals surface area contributed by atoms with Crippen molar-refractivity contribution < 1.29 is 30.3 Å². The number of rotatable bonds is 10. The summed E-state index contributed by atoms with van der Waals surface area (Å²) in [6.07, 6.45) is -3.21. The zero-order valence-corrected chi connectivity index (χ0v) is 11.2. The summed E-state index contributed by atoms with van der Waals surface area (Å²) in [6.45, 7) is 1.07. The van der Waals surface area contributed by atoms with Gasteiger partial charge in [-0.3, -0.25) is 4.79 Å². The standard InChI is InChI=1S/C12H25NO6/c1-2-3-4-5-10(17)13-6-8(15)11(18)12(19)9(16)7-14/h8-9,11-12,14-16,18-19H,2-7H2,1H3,(H,13,17). The fraction of sp³-hybridized carbons (Fsp3) is 0.917. The topological polar surface area (TPSA) is 130 Å². The van der Waals surface area contributed by atoms with Crippen molar-refractivity contribution in [1.29, 1.82) is 0 Å². The van der Waals surface area contributed by atoms with E-state index in [1.165, 1.54) is 0 Å². The average Bonchev–Trinajstić information content (AvgIpc) is 2.42. The van der Waals surface area contributed by atoms with E-state index in [0.29, 0.717) is 6.42 Å². The summed E-state index contributed by atoms with van der Waals surface area (Å²) in [5.74, 6) is -0.239. The van der Waals surface area contributed by atoms with Gasteiger partial charge in [-0.05, 0) is 6.42 Å². The Kier molecular flexibility index (Phi) is 9.72. The van der Waals surface area contributed by atoms with Crippen LogP contribution in [-0.2, 0) is 4.79 Å². The number of carbonyl (C=O) groups excluding carboxylic acids is 1. The second-order valence-electron chi connectivity index (χ2n) is 4.56. The highest BCUT2D eigenvalue weighted by atomic mass is 16.4. The predicted molar refractivity (Wildman–Crippen MR) is 68.3 cm³/mol.